The summed E-state index contributed by atoms with van der Waals surface area (Å²) in [5.41, 5.74) is 1.69. The lowest BCUT2D eigenvalue weighted by Gasteiger charge is -2.25. The maximum Gasteiger partial charge on any atom is 0.308 e. The molecule has 0 saturated carbocycles. The van der Waals surface area contributed by atoms with Crippen LogP contribution < -0.4 is 9.47 Å². The van der Waals surface area contributed by atoms with Crippen LogP contribution in [0.4, 0.5) is 0 Å². The van der Waals surface area contributed by atoms with Gasteiger partial charge in [0.1, 0.15) is 17.3 Å². The van der Waals surface area contributed by atoms with E-state index in [-0.39, 0.29) is 16.7 Å². The van der Waals surface area contributed by atoms with Gasteiger partial charge >= 0.3 is 5.97 Å². The van der Waals surface area contributed by atoms with Crippen molar-refractivity contribution in [2.24, 2.45) is 0 Å². The summed E-state index contributed by atoms with van der Waals surface area (Å²) < 4.78 is 10.6. The number of aliphatic hydroxyl groups is 1. The van der Waals surface area contributed by atoms with E-state index >= 15 is 0 Å². The van der Waals surface area contributed by atoms with Crippen molar-refractivity contribution in [3.63, 3.8) is 0 Å². The van der Waals surface area contributed by atoms with Gasteiger partial charge in [-0.05, 0) is 47.7 Å². The van der Waals surface area contributed by atoms with Gasteiger partial charge in [-0.2, -0.15) is 0 Å². The third-order valence-electron chi connectivity index (χ3n) is 5.74. The molecule has 1 amide bonds. The molecule has 0 bridgehead atoms. The first-order valence-corrected chi connectivity index (χ1v) is 11.2. The van der Waals surface area contributed by atoms with Crippen LogP contribution in [-0.4, -0.2) is 41.3 Å². The summed E-state index contributed by atoms with van der Waals surface area (Å²) in [6, 6.07) is 11.1. The van der Waals surface area contributed by atoms with Gasteiger partial charge in [0, 0.05) is 24.6 Å². The molecule has 180 valence electrons. The van der Waals surface area contributed by atoms with Crippen LogP contribution in [0.15, 0.2) is 48.0 Å². The molecule has 1 aliphatic heterocycles. The Labute approximate surface area is 200 Å². The first-order chi connectivity index (χ1) is 16.0. The Balaban J connectivity index is 2.17. The number of carbonyl (C=O) groups excluding carboxylic acids is 3. The molecule has 34 heavy (non-hydrogen) atoms. The van der Waals surface area contributed by atoms with Crippen LogP contribution in [0, 0.1) is 0 Å². The van der Waals surface area contributed by atoms with E-state index in [4.69, 9.17) is 9.47 Å². The number of rotatable bonds is 6. The van der Waals surface area contributed by atoms with Crippen molar-refractivity contribution in [1.29, 1.82) is 0 Å². The molecule has 7 heteroatoms. The van der Waals surface area contributed by atoms with Gasteiger partial charge in [0.15, 0.2) is 0 Å². The third kappa shape index (κ3) is 4.83. The fraction of sp³-hybridized carbons (Fsp3) is 0.370. The van der Waals surface area contributed by atoms with Crippen molar-refractivity contribution in [2.75, 3.05) is 13.7 Å². The molecule has 1 atom stereocenters. The molecule has 1 N–H and O–H groups in total. The van der Waals surface area contributed by atoms with Gasteiger partial charge in [-0.3, -0.25) is 14.4 Å². The van der Waals surface area contributed by atoms with E-state index in [0.717, 1.165) is 5.56 Å². The van der Waals surface area contributed by atoms with Crippen molar-refractivity contribution in [2.45, 2.75) is 52.5 Å². The van der Waals surface area contributed by atoms with Gasteiger partial charge in [-0.1, -0.05) is 39.8 Å². The molecule has 0 spiro atoms. The number of carbonyl (C=O) groups is 3. The number of likely N-dealkylation sites (tertiary alicyclic amines) is 1. The maximum atomic E-state index is 13.1. The lowest BCUT2D eigenvalue weighted by atomic mass is 9.84. The van der Waals surface area contributed by atoms with Gasteiger partial charge < -0.3 is 19.5 Å². The zero-order chi connectivity index (χ0) is 25.2. The largest absolute Gasteiger partial charge is 0.507 e. The molecule has 3 rings (SSSR count). The number of methoxy groups -OCH3 is 1. The Morgan fingerprint density at radius 2 is 1.74 bits per heavy atom. The van der Waals surface area contributed by atoms with Crippen LogP contribution in [0.1, 0.15) is 63.8 Å². The second-order valence-electron chi connectivity index (χ2n) is 9.32. The van der Waals surface area contributed by atoms with E-state index in [1.54, 1.807) is 49.6 Å². The first-order valence-electron chi connectivity index (χ1n) is 11.2. The van der Waals surface area contributed by atoms with Crippen molar-refractivity contribution in [3.8, 4) is 11.5 Å². The minimum atomic E-state index is -0.758. The number of amides is 1. The Hall–Kier alpha value is -3.61. The molecular formula is C27H31NO6. The predicted molar refractivity (Wildman–Crippen MR) is 129 cm³/mol. The average molecular weight is 466 g/mol. The highest BCUT2D eigenvalue weighted by molar-refractivity contribution is 6.46. The molecule has 2 aromatic carbocycles. The summed E-state index contributed by atoms with van der Waals surface area (Å²) in [7, 11) is 1.58. The summed E-state index contributed by atoms with van der Waals surface area (Å²) in [6.45, 7) is 9.66. The topological polar surface area (TPSA) is 93.1 Å². The van der Waals surface area contributed by atoms with Crippen molar-refractivity contribution >= 4 is 23.4 Å². The van der Waals surface area contributed by atoms with E-state index in [9.17, 15) is 19.5 Å². The second-order valence-corrected chi connectivity index (χ2v) is 9.32. The van der Waals surface area contributed by atoms with E-state index in [0.29, 0.717) is 35.6 Å². The van der Waals surface area contributed by atoms with Crippen molar-refractivity contribution in [3.05, 3.63) is 64.7 Å². The Bertz CT molecular complexity index is 1140. The van der Waals surface area contributed by atoms with Crippen LogP contribution in [0.3, 0.4) is 0 Å². The number of esters is 1. The SMILES string of the molecule is CCCN1C(=O)C(=O)/C(=C(\O)c2ccc(OC)c(C(C)(C)C)c2)C1c1ccc(OC(C)=O)cc1. The van der Waals surface area contributed by atoms with Crippen molar-refractivity contribution < 1.29 is 29.0 Å². The molecule has 2 aromatic rings. The minimum Gasteiger partial charge on any atom is -0.507 e. The number of hydrogen-bond donors (Lipinski definition) is 1. The van der Waals surface area contributed by atoms with E-state index in [2.05, 4.69) is 0 Å². The zero-order valence-corrected chi connectivity index (χ0v) is 20.5. The van der Waals surface area contributed by atoms with Gasteiger partial charge in [-0.25, -0.2) is 0 Å². The normalized spacial score (nSPS) is 17.7. The van der Waals surface area contributed by atoms with Crippen molar-refractivity contribution in [1.82, 2.24) is 4.90 Å². The number of Topliss-reactive ketones (excluding diaryl/α,β-unsaturated/α-hetero) is 1. The van der Waals surface area contributed by atoms with Gasteiger partial charge in [0.05, 0.1) is 18.7 Å². The van der Waals surface area contributed by atoms with Crippen LogP contribution in [0.2, 0.25) is 0 Å². The lowest BCUT2D eigenvalue weighted by molar-refractivity contribution is -0.139. The Morgan fingerprint density at radius 3 is 2.26 bits per heavy atom. The predicted octanol–water partition coefficient (Wildman–Crippen LogP) is 4.75. The maximum absolute atomic E-state index is 13.1. The van der Waals surface area contributed by atoms with Crippen LogP contribution in [0.25, 0.3) is 5.76 Å². The number of aliphatic hydroxyl groups excluding tert-OH is 1. The summed E-state index contributed by atoms with van der Waals surface area (Å²) in [5, 5.41) is 11.3. The molecule has 1 saturated heterocycles. The molecule has 1 fully saturated rings. The molecule has 1 unspecified atom stereocenters. The highest BCUT2D eigenvalue weighted by Crippen LogP contribution is 2.41. The summed E-state index contributed by atoms with van der Waals surface area (Å²) in [4.78, 5) is 38.7. The fourth-order valence-electron chi connectivity index (χ4n) is 4.18. The van der Waals surface area contributed by atoms with Crippen LogP contribution >= 0.6 is 0 Å². The molecule has 1 heterocycles. The number of ether oxygens (including phenoxy) is 2. The monoisotopic (exact) mass is 465 g/mol. The van der Waals surface area contributed by atoms with E-state index < -0.39 is 23.7 Å². The lowest BCUT2D eigenvalue weighted by Crippen LogP contribution is -2.30. The smallest absolute Gasteiger partial charge is 0.308 e. The summed E-state index contributed by atoms with van der Waals surface area (Å²) in [6.07, 6.45) is 0.645. The summed E-state index contributed by atoms with van der Waals surface area (Å²) >= 11 is 0. The van der Waals surface area contributed by atoms with Crippen LogP contribution in [0.5, 0.6) is 11.5 Å². The second kappa shape index (κ2) is 9.71. The highest BCUT2D eigenvalue weighted by Gasteiger charge is 2.45. The molecule has 7 nitrogen and oxygen atoms in total. The van der Waals surface area contributed by atoms with E-state index in [1.165, 1.54) is 11.8 Å². The van der Waals surface area contributed by atoms with Gasteiger partial charge in [-0.15, -0.1) is 0 Å². The third-order valence-corrected chi connectivity index (χ3v) is 5.74. The molecule has 0 aromatic heterocycles. The highest BCUT2D eigenvalue weighted by atomic mass is 16.5. The number of hydrogen-bond acceptors (Lipinski definition) is 6. The fourth-order valence-corrected chi connectivity index (χ4v) is 4.18. The average Bonchev–Trinajstić information content (AvgIpc) is 3.03. The number of ketones is 1. The quantitative estimate of drug-likeness (QED) is 0.218. The molecule has 0 radical (unpaired) electrons. The van der Waals surface area contributed by atoms with Gasteiger partial charge in [0.2, 0.25) is 0 Å². The Morgan fingerprint density at radius 1 is 1.09 bits per heavy atom. The molecule has 1 aliphatic rings. The van der Waals surface area contributed by atoms with Crippen LogP contribution in [-0.2, 0) is 19.8 Å². The van der Waals surface area contributed by atoms with E-state index in [1.807, 2.05) is 27.7 Å². The molecular weight excluding hydrogens is 434 g/mol. The number of benzene rings is 2. The standard InChI is InChI=1S/C27H31NO6/c1-7-14-28-23(17-8-11-19(12-9-17)34-16(2)29)22(25(31)26(28)32)24(30)18-10-13-21(33-6)20(15-18)27(3,4)5/h8-13,15,23,30H,7,14H2,1-6H3/b24-22-. The minimum absolute atomic E-state index is 0.0312. The zero-order valence-electron chi connectivity index (χ0n) is 20.5. The molecule has 0 aliphatic carbocycles. The van der Waals surface area contributed by atoms with Gasteiger partial charge in [0.25, 0.3) is 11.7 Å². The Kier molecular flexibility index (Phi) is 7.15. The summed E-state index contributed by atoms with van der Waals surface area (Å²) in [5.74, 6) is -1.03. The first kappa shape index (κ1) is 25.0. The number of nitrogens with zero attached hydrogens (tertiary/aromatic N) is 1.